The number of amides is 1. The van der Waals surface area contributed by atoms with E-state index < -0.39 is 0 Å². The van der Waals surface area contributed by atoms with Crippen LogP contribution in [0, 0.1) is 0 Å². The third-order valence-corrected chi connectivity index (χ3v) is 4.59. The highest BCUT2D eigenvalue weighted by Crippen LogP contribution is 2.26. The van der Waals surface area contributed by atoms with Gasteiger partial charge in [-0.05, 0) is 19.1 Å². The van der Waals surface area contributed by atoms with Gasteiger partial charge in [0.1, 0.15) is 10.7 Å². The topological polar surface area (TPSA) is 42.4 Å². The van der Waals surface area contributed by atoms with E-state index in [2.05, 4.69) is 4.98 Å². The van der Waals surface area contributed by atoms with E-state index in [4.69, 9.17) is 16.3 Å². The number of aromatic nitrogens is 1. The fraction of sp³-hybridized carbons (Fsp3) is 0.333. The number of rotatable bonds is 2. The average Bonchev–Trinajstić information content (AvgIpc) is 2.98. The molecule has 0 unspecified atom stereocenters. The summed E-state index contributed by atoms with van der Waals surface area (Å²) in [6, 6.07) is 7.56. The lowest BCUT2D eigenvalue weighted by atomic mass is 10.2. The fourth-order valence-electron chi connectivity index (χ4n) is 2.27. The van der Waals surface area contributed by atoms with Crippen LogP contribution in [0.1, 0.15) is 17.4 Å². The van der Waals surface area contributed by atoms with Crippen molar-refractivity contribution in [2.45, 2.75) is 13.0 Å². The monoisotopic (exact) mass is 322 g/mol. The van der Waals surface area contributed by atoms with E-state index in [1.807, 2.05) is 41.5 Å². The molecule has 0 saturated carbocycles. The number of ether oxygens (including phenoxy) is 1. The first kappa shape index (κ1) is 14.5. The molecule has 1 aromatic carbocycles. The second-order valence-corrected chi connectivity index (χ2v) is 6.26. The number of morpholine rings is 1. The van der Waals surface area contributed by atoms with Gasteiger partial charge in [-0.2, -0.15) is 0 Å². The maximum atomic E-state index is 12.5. The van der Waals surface area contributed by atoms with Gasteiger partial charge in [-0.25, -0.2) is 4.98 Å². The Morgan fingerprint density at radius 3 is 2.90 bits per heavy atom. The Balaban J connectivity index is 1.81. The zero-order valence-corrected chi connectivity index (χ0v) is 13.2. The van der Waals surface area contributed by atoms with Crippen molar-refractivity contribution < 1.29 is 9.53 Å². The number of carbonyl (C=O) groups is 1. The average molecular weight is 323 g/mol. The van der Waals surface area contributed by atoms with Gasteiger partial charge in [-0.1, -0.05) is 23.7 Å². The Bertz CT molecular complexity index is 641. The lowest BCUT2D eigenvalue weighted by Crippen LogP contribution is -2.47. The summed E-state index contributed by atoms with van der Waals surface area (Å²) in [7, 11) is 0. The summed E-state index contributed by atoms with van der Waals surface area (Å²) < 4.78 is 5.36. The standard InChI is InChI=1S/C15H15ClN2O2S/c1-10-8-20-7-6-18(10)15(19)13-9-21-14(17-13)11-2-4-12(16)5-3-11/h2-5,9-10H,6-8H2,1H3/t10-/m1/s1. The van der Waals surface area contributed by atoms with Gasteiger partial charge in [0.05, 0.1) is 19.3 Å². The second-order valence-electron chi connectivity index (χ2n) is 4.97. The van der Waals surface area contributed by atoms with Gasteiger partial charge < -0.3 is 9.64 Å². The SMILES string of the molecule is C[C@@H]1COCCN1C(=O)c1csc(-c2ccc(Cl)cc2)n1. The smallest absolute Gasteiger partial charge is 0.273 e. The lowest BCUT2D eigenvalue weighted by molar-refractivity contribution is 0.00332. The molecule has 1 aliphatic heterocycles. The molecule has 6 heteroatoms. The molecule has 1 aromatic heterocycles. The molecule has 0 N–H and O–H groups in total. The van der Waals surface area contributed by atoms with E-state index in [1.165, 1.54) is 11.3 Å². The first-order chi connectivity index (χ1) is 10.1. The zero-order chi connectivity index (χ0) is 14.8. The molecular formula is C15H15ClN2O2S. The van der Waals surface area contributed by atoms with Gasteiger partial charge in [0.2, 0.25) is 0 Å². The molecular weight excluding hydrogens is 308 g/mol. The van der Waals surface area contributed by atoms with E-state index in [1.54, 1.807) is 0 Å². The Labute approximate surface area is 132 Å². The van der Waals surface area contributed by atoms with Crippen molar-refractivity contribution >= 4 is 28.8 Å². The van der Waals surface area contributed by atoms with E-state index in [-0.39, 0.29) is 11.9 Å². The van der Waals surface area contributed by atoms with E-state index in [0.29, 0.717) is 30.5 Å². The highest BCUT2D eigenvalue weighted by Gasteiger charge is 2.26. The summed E-state index contributed by atoms with van der Waals surface area (Å²) in [6.07, 6.45) is 0. The van der Waals surface area contributed by atoms with Gasteiger partial charge in [-0.3, -0.25) is 4.79 Å². The molecule has 0 bridgehead atoms. The van der Waals surface area contributed by atoms with Crippen molar-refractivity contribution in [2.24, 2.45) is 0 Å². The minimum atomic E-state index is -0.0257. The third-order valence-electron chi connectivity index (χ3n) is 3.44. The number of thiazole rings is 1. The van der Waals surface area contributed by atoms with Crippen molar-refractivity contribution in [1.29, 1.82) is 0 Å². The molecule has 1 atom stereocenters. The van der Waals surface area contributed by atoms with Gasteiger partial charge >= 0.3 is 0 Å². The predicted molar refractivity (Wildman–Crippen MR) is 83.9 cm³/mol. The summed E-state index contributed by atoms with van der Waals surface area (Å²) in [4.78, 5) is 18.8. The van der Waals surface area contributed by atoms with Crippen LogP contribution in [0.4, 0.5) is 0 Å². The summed E-state index contributed by atoms with van der Waals surface area (Å²) in [5.74, 6) is -0.0257. The zero-order valence-electron chi connectivity index (χ0n) is 11.6. The Hall–Kier alpha value is -1.43. The Morgan fingerprint density at radius 1 is 1.43 bits per heavy atom. The van der Waals surface area contributed by atoms with Crippen molar-refractivity contribution in [3.63, 3.8) is 0 Å². The number of halogens is 1. The number of hydrogen-bond donors (Lipinski definition) is 0. The molecule has 1 amide bonds. The lowest BCUT2D eigenvalue weighted by Gasteiger charge is -2.32. The molecule has 21 heavy (non-hydrogen) atoms. The third kappa shape index (κ3) is 3.10. The quantitative estimate of drug-likeness (QED) is 0.851. The minimum absolute atomic E-state index is 0.0257. The fourth-order valence-corrected chi connectivity index (χ4v) is 3.20. The first-order valence-electron chi connectivity index (χ1n) is 6.75. The number of hydrogen-bond acceptors (Lipinski definition) is 4. The van der Waals surface area contributed by atoms with Crippen molar-refractivity contribution in [2.75, 3.05) is 19.8 Å². The van der Waals surface area contributed by atoms with E-state index in [9.17, 15) is 4.79 Å². The summed E-state index contributed by atoms with van der Waals surface area (Å²) in [5.41, 5.74) is 1.47. The van der Waals surface area contributed by atoms with Crippen molar-refractivity contribution in [3.8, 4) is 10.6 Å². The van der Waals surface area contributed by atoms with Crippen LogP contribution in [0.3, 0.4) is 0 Å². The molecule has 0 aliphatic carbocycles. The van der Waals surface area contributed by atoms with Crippen LogP contribution >= 0.6 is 22.9 Å². The molecule has 4 nitrogen and oxygen atoms in total. The first-order valence-corrected chi connectivity index (χ1v) is 8.01. The normalized spacial score (nSPS) is 18.8. The number of benzene rings is 1. The Kier molecular flexibility index (Phi) is 4.24. The van der Waals surface area contributed by atoms with Crippen molar-refractivity contribution in [1.82, 2.24) is 9.88 Å². The maximum Gasteiger partial charge on any atom is 0.273 e. The van der Waals surface area contributed by atoms with Gasteiger partial charge in [-0.15, -0.1) is 11.3 Å². The van der Waals surface area contributed by atoms with E-state index in [0.717, 1.165) is 10.6 Å². The highest BCUT2D eigenvalue weighted by atomic mass is 35.5. The van der Waals surface area contributed by atoms with Crippen LogP contribution in [-0.2, 0) is 4.74 Å². The molecule has 2 heterocycles. The molecule has 1 fully saturated rings. The van der Waals surface area contributed by atoms with Crippen LogP contribution < -0.4 is 0 Å². The molecule has 1 aliphatic rings. The van der Waals surface area contributed by atoms with Gasteiger partial charge in [0.15, 0.2) is 0 Å². The molecule has 2 aromatic rings. The van der Waals surface area contributed by atoms with Crippen LogP contribution in [0.25, 0.3) is 10.6 Å². The maximum absolute atomic E-state index is 12.5. The highest BCUT2D eigenvalue weighted by molar-refractivity contribution is 7.13. The van der Waals surface area contributed by atoms with Crippen molar-refractivity contribution in [3.05, 3.63) is 40.4 Å². The molecule has 3 rings (SSSR count). The summed E-state index contributed by atoms with van der Waals surface area (Å²) in [6.45, 7) is 3.78. The van der Waals surface area contributed by atoms with E-state index >= 15 is 0 Å². The molecule has 110 valence electrons. The number of nitrogens with zero attached hydrogens (tertiary/aromatic N) is 2. The number of carbonyl (C=O) groups excluding carboxylic acids is 1. The molecule has 0 spiro atoms. The Morgan fingerprint density at radius 2 is 2.19 bits per heavy atom. The second kappa shape index (κ2) is 6.13. The molecule has 1 saturated heterocycles. The van der Waals surface area contributed by atoms with Gasteiger partial charge in [0.25, 0.3) is 5.91 Å². The van der Waals surface area contributed by atoms with Crippen LogP contribution in [0.2, 0.25) is 5.02 Å². The van der Waals surface area contributed by atoms with Gasteiger partial charge in [0, 0.05) is 22.5 Å². The van der Waals surface area contributed by atoms with Crippen LogP contribution in [0.15, 0.2) is 29.6 Å². The predicted octanol–water partition coefficient (Wildman–Crippen LogP) is 3.32. The minimum Gasteiger partial charge on any atom is -0.377 e. The van der Waals surface area contributed by atoms with Crippen LogP contribution in [0.5, 0.6) is 0 Å². The van der Waals surface area contributed by atoms with Crippen LogP contribution in [-0.4, -0.2) is 41.6 Å². The summed E-state index contributed by atoms with van der Waals surface area (Å²) in [5, 5.41) is 3.33. The molecule has 0 radical (unpaired) electrons. The summed E-state index contributed by atoms with van der Waals surface area (Å²) >= 11 is 7.35. The largest absolute Gasteiger partial charge is 0.377 e.